The van der Waals surface area contributed by atoms with Crippen LogP contribution in [0.3, 0.4) is 0 Å². The van der Waals surface area contributed by atoms with E-state index in [1.165, 1.54) is 6.07 Å². The van der Waals surface area contributed by atoms with Crippen molar-refractivity contribution in [1.29, 1.82) is 0 Å². The van der Waals surface area contributed by atoms with Crippen LogP contribution in [0.25, 0.3) is 12.2 Å². The van der Waals surface area contributed by atoms with Crippen LogP contribution in [0, 0.1) is 0 Å². The third-order valence-electron chi connectivity index (χ3n) is 2.83. The molecule has 1 aromatic carbocycles. The Morgan fingerprint density at radius 2 is 2.00 bits per heavy atom. The minimum absolute atomic E-state index is 0.220. The van der Waals surface area contributed by atoms with Gasteiger partial charge in [0, 0.05) is 6.07 Å². The molecule has 21 heavy (non-hydrogen) atoms. The maximum Gasteiger partial charge on any atom is 0.264 e. The third kappa shape index (κ3) is 3.66. The molecule has 1 aromatic heterocycles. The van der Waals surface area contributed by atoms with Crippen LogP contribution in [-0.2, 0) is 0 Å². The van der Waals surface area contributed by atoms with E-state index in [2.05, 4.69) is 10.2 Å². The van der Waals surface area contributed by atoms with E-state index < -0.39 is 0 Å². The van der Waals surface area contributed by atoms with Crippen LogP contribution in [-0.4, -0.2) is 30.7 Å². The summed E-state index contributed by atoms with van der Waals surface area (Å²) in [6.45, 7) is 0. The predicted octanol–water partition coefficient (Wildman–Crippen LogP) is 2.68. The number of H-pyrrole nitrogens is 1. The highest BCUT2D eigenvalue weighted by molar-refractivity contribution is 7.98. The van der Waals surface area contributed by atoms with Crippen LogP contribution in [0.15, 0.2) is 34.0 Å². The maximum atomic E-state index is 11.0. The Bertz CT molecular complexity index is 665. The molecule has 0 atom stereocenters. The molecule has 2 rings (SSSR count). The molecule has 0 amide bonds. The number of rotatable bonds is 5. The van der Waals surface area contributed by atoms with Crippen LogP contribution >= 0.6 is 11.8 Å². The highest BCUT2D eigenvalue weighted by Gasteiger charge is 2.10. The van der Waals surface area contributed by atoms with Gasteiger partial charge in [-0.1, -0.05) is 6.08 Å². The monoisotopic (exact) mass is 304 g/mol. The van der Waals surface area contributed by atoms with Gasteiger partial charge in [0.15, 0.2) is 11.5 Å². The highest BCUT2D eigenvalue weighted by Crippen LogP contribution is 2.38. The van der Waals surface area contributed by atoms with Gasteiger partial charge in [0.25, 0.3) is 5.56 Å². The number of hydrogen-bond donors (Lipinski definition) is 1. The molecule has 0 saturated carbocycles. The van der Waals surface area contributed by atoms with Crippen molar-refractivity contribution in [3.63, 3.8) is 0 Å². The van der Waals surface area contributed by atoms with Gasteiger partial charge < -0.3 is 9.47 Å². The van der Waals surface area contributed by atoms with Crippen molar-refractivity contribution in [2.75, 3.05) is 20.5 Å². The van der Waals surface area contributed by atoms with E-state index in [9.17, 15) is 4.79 Å². The largest absolute Gasteiger partial charge is 0.493 e. The average Bonchev–Trinajstić information content (AvgIpc) is 2.53. The molecule has 0 spiro atoms. The van der Waals surface area contributed by atoms with Crippen molar-refractivity contribution in [3.05, 3.63) is 45.9 Å². The SMILES string of the molecule is COc1cc(/C=C/c2ccc(=O)[nH]n2)cc(SC)c1OC. The number of benzene rings is 1. The fraction of sp³-hybridized carbons (Fsp3) is 0.200. The van der Waals surface area contributed by atoms with Gasteiger partial charge in [0.2, 0.25) is 0 Å². The Labute approximate surface area is 127 Å². The van der Waals surface area contributed by atoms with E-state index >= 15 is 0 Å². The molecule has 0 bridgehead atoms. The molecular weight excluding hydrogens is 288 g/mol. The number of methoxy groups -OCH3 is 2. The maximum absolute atomic E-state index is 11.0. The predicted molar refractivity (Wildman–Crippen MR) is 85.1 cm³/mol. The fourth-order valence-electron chi connectivity index (χ4n) is 1.83. The van der Waals surface area contributed by atoms with E-state index in [0.29, 0.717) is 11.4 Å². The Kier molecular flexibility index (Phi) is 5.05. The van der Waals surface area contributed by atoms with E-state index in [4.69, 9.17) is 9.47 Å². The van der Waals surface area contributed by atoms with Crippen molar-refractivity contribution in [2.45, 2.75) is 4.90 Å². The summed E-state index contributed by atoms with van der Waals surface area (Å²) in [4.78, 5) is 11.9. The standard InChI is InChI=1S/C15H16N2O3S/c1-19-12-8-10(9-13(21-3)15(12)20-2)4-5-11-6-7-14(18)17-16-11/h4-9H,1-3H3,(H,17,18)/b5-4+. The zero-order valence-electron chi connectivity index (χ0n) is 12.0. The third-order valence-corrected chi connectivity index (χ3v) is 3.58. The second-order valence-corrected chi connectivity index (χ2v) is 4.99. The lowest BCUT2D eigenvalue weighted by atomic mass is 10.1. The van der Waals surface area contributed by atoms with Gasteiger partial charge in [-0.15, -0.1) is 11.8 Å². The van der Waals surface area contributed by atoms with Gasteiger partial charge in [-0.2, -0.15) is 5.10 Å². The van der Waals surface area contributed by atoms with Gasteiger partial charge in [-0.3, -0.25) is 4.79 Å². The molecule has 2 aromatic rings. The van der Waals surface area contributed by atoms with E-state index in [0.717, 1.165) is 16.2 Å². The van der Waals surface area contributed by atoms with E-state index in [1.807, 2.05) is 30.5 Å². The summed E-state index contributed by atoms with van der Waals surface area (Å²) in [5.74, 6) is 1.41. The molecule has 0 aliphatic heterocycles. The highest BCUT2D eigenvalue weighted by atomic mass is 32.2. The molecule has 5 nitrogen and oxygen atoms in total. The van der Waals surface area contributed by atoms with E-state index in [1.54, 1.807) is 32.0 Å². The number of nitrogens with zero attached hydrogens (tertiary/aromatic N) is 1. The molecule has 1 N–H and O–H groups in total. The normalized spacial score (nSPS) is 10.8. The Balaban J connectivity index is 2.35. The topological polar surface area (TPSA) is 64.2 Å². The molecule has 0 aliphatic carbocycles. The molecular formula is C15H16N2O3S. The van der Waals surface area contributed by atoms with Crippen LogP contribution < -0.4 is 15.0 Å². The first-order valence-corrected chi connectivity index (χ1v) is 7.44. The zero-order valence-corrected chi connectivity index (χ0v) is 12.9. The number of aromatic amines is 1. The van der Waals surface area contributed by atoms with Crippen LogP contribution in [0.4, 0.5) is 0 Å². The van der Waals surface area contributed by atoms with Crippen molar-refractivity contribution in [3.8, 4) is 11.5 Å². The molecule has 0 saturated heterocycles. The fourth-order valence-corrected chi connectivity index (χ4v) is 2.45. The first kappa shape index (κ1) is 15.2. The summed E-state index contributed by atoms with van der Waals surface area (Å²) in [7, 11) is 3.23. The summed E-state index contributed by atoms with van der Waals surface area (Å²) in [5, 5.41) is 6.32. The first-order chi connectivity index (χ1) is 10.2. The molecule has 110 valence electrons. The van der Waals surface area contributed by atoms with Crippen molar-refractivity contribution in [1.82, 2.24) is 10.2 Å². The molecule has 0 aliphatic rings. The Morgan fingerprint density at radius 3 is 2.57 bits per heavy atom. The lowest BCUT2D eigenvalue weighted by Crippen LogP contribution is -2.05. The van der Waals surface area contributed by atoms with Gasteiger partial charge in [0.1, 0.15) is 0 Å². The minimum atomic E-state index is -0.220. The van der Waals surface area contributed by atoms with Crippen molar-refractivity contribution in [2.24, 2.45) is 0 Å². The molecule has 1 heterocycles. The average molecular weight is 304 g/mol. The number of thioether (sulfide) groups is 1. The van der Waals surface area contributed by atoms with Gasteiger partial charge >= 0.3 is 0 Å². The number of nitrogens with one attached hydrogen (secondary N) is 1. The lowest BCUT2D eigenvalue weighted by Gasteiger charge is -2.12. The van der Waals surface area contributed by atoms with Crippen molar-refractivity contribution >= 4 is 23.9 Å². The molecule has 0 fully saturated rings. The van der Waals surface area contributed by atoms with Gasteiger partial charge in [0.05, 0.1) is 24.8 Å². The molecule has 0 radical (unpaired) electrons. The van der Waals surface area contributed by atoms with Crippen LogP contribution in [0.1, 0.15) is 11.3 Å². The van der Waals surface area contributed by atoms with Crippen molar-refractivity contribution < 1.29 is 9.47 Å². The van der Waals surface area contributed by atoms with Crippen LogP contribution in [0.2, 0.25) is 0 Å². The summed E-state index contributed by atoms with van der Waals surface area (Å²) in [6.07, 6.45) is 5.71. The quantitative estimate of drug-likeness (QED) is 0.860. The second-order valence-electron chi connectivity index (χ2n) is 4.14. The Morgan fingerprint density at radius 1 is 1.19 bits per heavy atom. The number of ether oxygens (including phenoxy) is 2. The number of aromatic nitrogens is 2. The Hall–Kier alpha value is -2.21. The second kappa shape index (κ2) is 6.99. The number of hydrogen-bond acceptors (Lipinski definition) is 5. The van der Waals surface area contributed by atoms with E-state index in [-0.39, 0.29) is 5.56 Å². The summed E-state index contributed by atoms with van der Waals surface area (Å²) >= 11 is 1.59. The minimum Gasteiger partial charge on any atom is -0.493 e. The summed E-state index contributed by atoms with van der Waals surface area (Å²) in [5.41, 5.74) is 1.42. The first-order valence-electron chi connectivity index (χ1n) is 6.21. The smallest absolute Gasteiger partial charge is 0.264 e. The lowest BCUT2D eigenvalue weighted by molar-refractivity contribution is 0.348. The van der Waals surface area contributed by atoms with Gasteiger partial charge in [-0.25, -0.2) is 5.10 Å². The van der Waals surface area contributed by atoms with Gasteiger partial charge in [-0.05, 0) is 36.1 Å². The zero-order chi connectivity index (χ0) is 15.2. The summed E-state index contributed by atoms with van der Waals surface area (Å²) < 4.78 is 10.7. The summed E-state index contributed by atoms with van der Waals surface area (Å²) in [6, 6.07) is 7.00. The molecule has 6 heteroatoms. The molecule has 0 unspecified atom stereocenters. The van der Waals surface area contributed by atoms with Crippen LogP contribution in [0.5, 0.6) is 11.5 Å².